The molecular formula is C33H34N4O3. The van der Waals surface area contributed by atoms with Crippen LogP contribution in [-0.2, 0) is 4.74 Å². The number of aldehydes is 1. The lowest BCUT2D eigenvalue weighted by molar-refractivity contribution is 0.0744. The van der Waals surface area contributed by atoms with Crippen LogP contribution in [0.4, 0.5) is 10.5 Å². The summed E-state index contributed by atoms with van der Waals surface area (Å²) in [6.07, 6.45) is 3.34. The number of hydrogen-bond acceptors (Lipinski definition) is 6. The van der Waals surface area contributed by atoms with Crippen molar-refractivity contribution in [1.82, 2.24) is 14.8 Å². The van der Waals surface area contributed by atoms with Crippen molar-refractivity contribution in [2.24, 2.45) is 0 Å². The van der Waals surface area contributed by atoms with Gasteiger partial charge in [0.1, 0.15) is 6.61 Å². The quantitative estimate of drug-likeness (QED) is 0.281. The van der Waals surface area contributed by atoms with Crippen LogP contribution in [0.5, 0.6) is 0 Å². The molecule has 0 spiro atoms. The molecule has 1 saturated heterocycles. The molecule has 2 heterocycles. The van der Waals surface area contributed by atoms with Gasteiger partial charge in [0, 0.05) is 68.5 Å². The van der Waals surface area contributed by atoms with E-state index in [1.54, 1.807) is 12.3 Å². The Morgan fingerprint density at radius 1 is 0.975 bits per heavy atom. The third-order valence-corrected chi connectivity index (χ3v) is 8.26. The molecule has 3 aromatic carbocycles. The predicted octanol–water partition coefficient (Wildman–Crippen LogP) is 5.44. The third kappa shape index (κ3) is 5.17. The van der Waals surface area contributed by atoms with Gasteiger partial charge in [-0.2, -0.15) is 0 Å². The SMILES string of the molecule is CN(CCCN1CCN(C(=O)OCC2c3ccccc3-c3ccccc32)CC1)c1ccc2nccc(C=O)c2c1. The van der Waals surface area contributed by atoms with Crippen molar-refractivity contribution >= 4 is 29.0 Å². The summed E-state index contributed by atoms with van der Waals surface area (Å²) >= 11 is 0. The molecule has 1 aliphatic carbocycles. The Morgan fingerprint density at radius 3 is 2.38 bits per heavy atom. The van der Waals surface area contributed by atoms with E-state index in [0.717, 1.165) is 55.5 Å². The number of hydrogen-bond donors (Lipinski definition) is 0. The zero-order valence-electron chi connectivity index (χ0n) is 22.8. The minimum absolute atomic E-state index is 0.0820. The second kappa shape index (κ2) is 11.5. The van der Waals surface area contributed by atoms with E-state index < -0.39 is 0 Å². The minimum Gasteiger partial charge on any atom is -0.448 e. The first-order chi connectivity index (χ1) is 19.6. The molecule has 1 amide bonds. The number of nitrogens with zero attached hydrogens (tertiary/aromatic N) is 4. The van der Waals surface area contributed by atoms with E-state index in [4.69, 9.17) is 4.74 Å². The highest BCUT2D eigenvalue weighted by Gasteiger charge is 2.30. The summed E-state index contributed by atoms with van der Waals surface area (Å²) in [4.78, 5) is 35.2. The van der Waals surface area contributed by atoms with Crippen LogP contribution in [-0.4, -0.2) is 80.1 Å². The number of pyridine rings is 1. The number of rotatable bonds is 8. The van der Waals surface area contributed by atoms with E-state index in [1.807, 2.05) is 17.0 Å². The standard InChI is InChI=1S/C33H34N4O3/c1-35(25-11-12-32-30(21-25)24(22-38)13-14-34-32)15-6-16-36-17-19-37(20-18-36)33(39)40-23-31-28-9-4-2-7-26(28)27-8-3-5-10-29(27)31/h2-5,7-14,21-22,31H,6,15-20,23H2,1H3. The van der Waals surface area contributed by atoms with Gasteiger partial charge in [-0.1, -0.05) is 48.5 Å². The van der Waals surface area contributed by atoms with Gasteiger partial charge in [-0.05, 0) is 59.5 Å². The summed E-state index contributed by atoms with van der Waals surface area (Å²) in [7, 11) is 2.08. The van der Waals surface area contributed by atoms with Gasteiger partial charge in [0.15, 0.2) is 6.29 Å². The first kappa shape index (κ1) is 26.0. The van der Waals surface area contributed by atoms with Crippen molar-refractivity contribution in [3.8, 4) is 11.1 Å². The van der Waals surface area contributed by atoms with E-state index in [0.29, 0.717) is 25.3 Å². The Labute approximate surface area is 235 Å². The molecule has 7 nitrogen and oxygen atoms in total. The summed E-state index contributed by atoms with van der Waals surface area (Å²) in [6, 6.07) is 24.6. The van der Waals surface area contributed by atoms with E-state index in [9.17, 15) is 9.59 Å². The number of carbonyl (C=O) groups excluding carboxylic acids is 2. The molecule has 0 unspecified atom stereocenters. The number of aromatic nitrogens is 1. The van der Waals surface area contributed by atoms with Gasteiger partial charge in [0.05, 0.1) is 5.52 Å². The van der Waals surface area contributed by atoms with Crippen LogP contribution in [0.15, 0.2) is 79.0 Å². The fraction of sp³-hybridized carbons (Fsp3) is 0.303. The molecule has 1 aromatic heterocycles. The molecule has 0 radical (unpaired) electrons. The lowest BCUT2D eigenvalue weighted by Gasteiger charge is -2.34. The molecular weight excluding hydrogens is 500 g/mol. The van der Waals surface area contributed by atoms with Crippen molar-refractivity contribution in [1.29, 1.82) is 0 Å². The highest BCUT2D eigenvalue weighted by atomic mass is 16.6. The van der Waals surface area contributed by atoms with E-state index >= 15 is 0 Å². The van der Waals surface area contributed by atoms with Crippen LogP contribution in [0.1, 0.15) is 33.8 Å². The van der Waals surface area contributed by atoms with Gasteiger partial charge in [-0.3, -0.25) is 14.7 Å². The van der Waals surface area contributed by atoms with Gasteiger partial charge in [0.2, 0.25) is 0 Å². The molecule has 0 saturated carbocycles. The normalized spacial score (nSPS) is 15.1. The van der Waals surface area contributed by atoms with Gasteiger partial charge in [0.25, 0.3) is 0 Å². The van der Waals surface area contributed by atoms with Crippen molar-refractivity contribution in [3.05, 3.63) is 95.7 Å². The Kier molecular flexibility index (Phi) is 7.47. The number of amides is 1. The van der Waals surface area contributed by atoms with Gasteiger partial charge in [-0.25, -0.2) is 4.79 Å². The molecule has 2 aliphatic rings. The predicted molar refractivity (Wildman–Crippen MR) is 158 cm³/mol. The van der Waals surface area contributed by atoms with Crippen LogP contribution in [0, 0.1) is 0 Å². The zero-order chi connectivity index (χ0) is 27.5. The first-order valence-electron chi connectivity index (χ1n) is 14.0. The maximum Gasteiger partial charge on any atom is 0.409 e. The molecule has 0 N–H and O–H groups in total. The average molecular weight is 535 g/mol. The highest BCUT2D eigenvalue weighted by Crippen LogP contribution is 2.44. The van der Waals surface area contributed by atoms with Crippen LogP contribution < -0.4 is 4.90 Å². The van der Waals surface area contributed by atoms with Crippen molar-refractivity contribution in [2.75, 3.05) is 57.8 Å². The second-order valence-electron chi connectivity index (χ2n) is 10.6. The van der Waals surface area contributed by atoms with Crippen LogP contribution in [0.25, 0.3) is 22.0 Å². The van der Waals surface area contributed by atoms with Crippen molar-refractivity contribution in [3.63, 3.8) is 0 Å². The van der Waals surface area contributed by atoms with Crippen molar-refractivity contribution < 1.29 is 14.3 Å². The summed E-state index contributed by atoms with van der Waals surface area (Å²) in [5, 5.41) is 0.881. The maximum absolute atomic E-state index is 12.9. The molecule has 4 aromatic rings. The van der Waals surface area contributed by atoms with Crippen LogP contribution in [0.2, 0.25) is 0 Å². The van der Waals surface area contributed by atoms with Gasteiger partial charge in [-0.15, -0.1) is 0 Å². The number of fused-ring (bicyclic) bond motifs is 4. The second-order valence-corrected chi connectivity index (χ2v) is 10.6. The minimum atomic E-state index is -0.221. The molecule has 0 atom stereocenters. The van der Waals surface area contributed by atoms with Crippen LogP contribution in [0.3, 0.4) is 0 Å². The fourth-order valence-corrected chi connectivity index (χ4v) is 6.00. The molecule has 6 rings (SSSR count). The van der Waals surface area contributed by atoms with Crippen LogP contribution >= 0.6 is 0 Å². The lowest BCUT2D eigenvalue weighted by atomic mass is 9.98. The molecule has 1 aliphatic heterocycles. The zero-order valence-corrected chi connectivity index (χ0v) is 22.8. The molecule has 40 heavy (non-hydrogen) atoms. The molecule has 1 fully saturated rings. The Balaban J connectivity index is 0.965. The molecule has 0 bridgehead atoms. The van der Waals surface area contributed by atoms with E-state index in [2.05, 4.69) is 76.4 Å². The number of carbonyl (C=O) groups is 2. The number of benzene rings is 3. The topological polar surface area (TPSA) is 66.0 Å². The molecule has 204 valence electrons. The number of anilines is 1. The molecule has 7 heteroatoms. The Bertz CT molecular complexity index is 1480. The van der Waals surface area contributed by atoms with Gasteiger partial charge >= 0.3 is 6.09 Å². The fourth-order valence-electron chi connectivity index (χ4n) is 6.00. The van der Waals surface area contributed by atoms with E-state index in [1.165, 1.54) is 22.3 Å². The summed E-state index contributed by atoms with van der Waals surface area (Å²) < 4.78 is 5.86. The average Bonchev–Trinajstić information content (AvgIpc) is 3.33. The third-order valence-electron chi connectivity index (χ3n) is 8.26. The smallest absolute Gasteiger partial charge is 0.409 e. The summed E-state index contributed by atoms with van der Waals surface area (Å²) in [6.45, 7) is 5.28. The maximum atomic E-state index is 12.9. The lowest BCUT2D eigenvalue weighted by Crippen LogP contribution is -2.49. The Hall–Kier alpha value is -4.23. The Morgan fingerprint density at radius 2 is 1.68 bits per heavy atom. The van der Waals surface area contributed by atoms with Gasteiger partial charge < -0.3 is 14.5 Å². The largest absolute Gasteiger partial charge is 0.448 e. The van der Waals surface area contributed by atoms with E-state index in [-0.39, 0.29) is 12.0 Å². The first-order valence-corrected chi connectivity index (χ1v) is 14.0. The number of ether oxygens (including phenoxy) is 1. The highest BCUT2D eigenvalue weighted by molar-refractivity contribution is 5.97. The number of piperazine rings is 1. The summed E-state index contributed by atoms with van der Waals surface area (Å²) in [5.41, 5.74) is 7.50. The monoisotopic (exact) mass is 534 g/mol. The summed E-state index contributed by atoms with van der Waals surface area (Å²) in [5.74, 6) is 0.0820. The van der Waals surface area contributed by atoms with Crippen molar-refractivity contribution in [2.45, 2.75) is 12.3 Å².